The SMILES string of the molecule is CCC(N)c1nnc(CCc2ccc(OC)cc2)s1. The van der Waals surface area contributed by atoms with Crippen LogP contribution in [0.5, 0.6) is 5.75 Å². The Bertz CT molecular complexity index is 510. The minimum atomic E-state index is 0.0206. The van der Waals surface area contributed by atoms with Crippen molar-refractivity contribution in [3.8, 4) is 5.75 Å². The van der Waals surface area contributed by atoms with Crippen LogP contribution in [0.25, 0.3) is 0 Å². The Hall–Kier alpha value is -1.46. The molecule has 0 saturated heterocycles. The summed E-state index contributed by atoms with van der Waals surface area (Å²) in [5, 5.41) is 10.3. The Balaban J connectivity index is 1.92. The van der Waals surface area contributed by atoms with Crippen LogP contribution in [0.2, 0.25) is 0 Å². The van der Waals surface area contributed by atoms with Crippen molar-refractivity contribution in [2.24, 2.45) is 5.73 Å². The molecule has 0 amide bonds. The second kappa shape index (κ2) is 6.63. The summed E-state index contributed by atoms with van der Waals surface area (Å²) in [5.74, 6) is 0.885. The van der Waals surface area contributed by atoms with Crippen LogP contribution >= 0.6 is 11.3 Å². The molecule has 19 heavy (non-hydrogen) atoms. The predicted octanol–water partition coefficient (Wildman–Crippen LogP) is 2.74. The summed E-state index contributed by atoms with van der Waals surface area (Å²) < 4.78 is 5.14. The summed E-state index contributed by atoms with van der Waals surface area (Å²) in [6.07, 6.45) is 2.76. The summed E-state index contributed by atoms with van der Waals surface area (Å²) in [7, 11) is 1.68. The lowest BCUT2D eigenvalue weighted by atomic mass is 10.1. The molecule has 0 spiro atoms. The molecular weight excluding hydrogens is 258 g/mol. The van der Waals surface area contributed by atoms with Crippen molar-refractivity contribution in [3.05, 3.63) is 39.8 Å². The van der Waals surface area contributed by atoms with E-state index in [0.29, 0.717) is 0 Å². The number of hydrogen-bond acceptors (Lipinski definition) is 5. The Morgan fingerprint density at radius 2 is 1.95 bits per heavy atom. The van der Waals surface area contributed by atoms with Gasteiger partial charge in [0, 0.05) is 6.42 Å². The molecule has 1 heterocycles. The lowest BCUT2D eigenvalue weighted by molar-refractivity contribution is 0.414. The largest absolute Gasteiger partial charge is 0.497 e. The smallest absolute Gasteiger partial charge is 0.134 e. The third kappa shape index (κ3) is 3.75. The number of rotatable bonds is 6. The number of nitrogens with zero attached hydrogens (tertiary/aromatic N) is 2. The molecule has 1 aromatic carbocycles. The molecule has 4 nitrogen and oxygen atoms in total. The van der Waals surface area contributed by atoms with Gasteiger partial charge in [0.05, 0.1) is 13.2 Å². The monoisotopic (exact) mass is 277 g/mol. The Labute approximate surface area is 117 Å². The number of benzene rings is 1. The Kier molecular flexibility index (Phi) is 4.87. The van der Waals surface area contributed by atoms with Crippen LogP contribution in [0.15, 0.2) is 24.3 Å². The third-order valence-electron chi connectivity index (χ3n) is 3.03. The van der Waals surface area contributed by atoms with Crippen molar-refractivity contribution in [2.45, 2.75) is 32.2 Å². The van der Waals surface area contributed by atoms with Gasteiger partial charge in [-0.05, 0) is 30.5 Å². The van der Waals surface area contributed by atoms with Gasteiger partial charge in [0.25, 0.3) is 0 Å². The van der Waals surface area contributed by atoms with E-state index in [0.717, 1.165) is 35.0 Å². The fourth-order valence-electron chi connectivity index (χ4n) is 1.74. The van der Waals surface area contributed by atoms with Crippen LogP contribution < -0.4 is 10.5 Å². The molecule has 2 rings (SSSR count). The summed E-state index contributed by atoms with van der Waals surface area (Å²) in [6, 6.07) is 8.14. The Morgan fingerprint density at radius 1 is 1.21 bits per heavy atom. The number of ether oxygens (including phenoxy) is 1. The van der Waals surface area contributed by atoms with Gasteiger partial charge in [-0.2, -0.15) is 0 Å². The minimum Gasteiger partial charge on any atom is -0.497 e. The average Bonchev–Trinajstić information content (AvgIpc) is 2.93. The van der Waals surface area contributed by atoms with E-state index in [-0.39, 0.29) is 6.04 Å². The van der Waals surface area contributed by atoms with Gasteiger partial charge in [-0.25, -0.2) is 0 Å². The normalized spacial score (nSPS) is 12.4. The van der Waals surface area contributed by atoms with Crippen LogP contribution in [0.4, 0.5) is 0 Å². The van der Waals surface area contributed by atoms with Crippen molar-refractivity contribution in [1.82, 2.24) is 10.2 Å². The number of aromatic nitrogens is 2. The highest BCUT2D eigenvalue weighted by atomic mass is 32.1. The van der Waals surface area contributed by atoms with Crippen LogP contribution in [-0.4, -0.2) is 17.3 Å². The van der Waals surface area contributed by atoms with Gasteiger partial charge in [0.1, 0.15) is 15.8 Å². The summed E-state index contributed by atoms with van der Waals surface area (Å²) in [5.41, 5.74) is 7.22. The van der Waals surface area contributed by atoms with Crippen molar-refractivity contribution in [1.29, 1.82) is 0 Å². The van der Waals surface area contributed by atoms with E-state index < -0.39 is 0 Å². The number of nitrogens with two attached hydrogens (primary N) is 1. The van der Waals surface area contributed by atoms with E-state index in [1.54, 1.807) is 18.4 Å². The first-order valence-electron chi connectivity index (χ1n) is 6.43. The zero-order valence-corrected chi connectivity index (χ0v) is 12.1. The van der Waals surface area contributed by atoms with Crippen LogP contribution in [-0.2, 0) is 12.8 Å². The van der Waals surface area contributed by atoms with E-state index in [2.05, 4.69) is 29.3 Å². The number of hydrogen-bond donors (Lipinski definition) is 1. The molecule has 0 aliphatic heterocycles. The number of methoxy groups -OCH3 is 1. The van der Waals surface area contributed by atoms with Crippen LogP contribution in [0.1, 0.15) is 35.0 Å². The third-order valence-corrected chi connectivity index (χ3v) is 4.14. The van der Waals surface area contributed by atoms with Crippen LogP contribution in [0, 0.1) is 0 Å². The first kappa shape index (κ1) is 14.0. The van der Waals surface area contributed by atoms with E-state index in [4.69, 9.17) is 10.5 Å². The topological polar surface area (TPSA) is 61.0 Å². The molecule has 1 aromatic heterocycles. The minimum absolute atomic E-state index is 0.0206. The molecule has 0 aliphatic carbocycles. The highest BCUT2D eigenvalue weighted by molar-refractivity contribution is 7.11. The predicted molar refractivity (Wildman–Crippen MR) is 77.5 cm³/mol. The maximum Gasteiger partial charge on any atom is 0.134 e. The van der Waals surface area contributed by atoms with E-state index in [1.165, 1.54) is 5.56 Å². The van der Waals surface area contributed by atoms with Crippen molar-refractivity contribution in [2.75, 3.05) is 7.11 Å². The highest BCUT2D eigenvalue weighted by Crippen LogP contribution is 2.20. The van der Waals surface area contributed by atoms with Gasteiger partial charge in [0.15, 0.2) is 0 Å². The van der Waals surface area contributed by atoms with Crippen molar-refractivity contribution >= 4 is 11.3 Å². The fourth-order valence-corrected chi connectivity index (χ4v) is 2.66. The number of aryl methyl sites for hydroxylation is 2. The van der Waals surface area contributed by atoms with E-state index in [9.17, 15) is 0 Å². The standard InChI is InChI=1S/C14H19N3OS/c1-3-12(15)14-17-16-13(19-14)9-6-10-4-7-11(18-2)8-5-10/h4-5,7-8,12H,3,6,9,15H2,1-2H3. The highest BCUT2D eigenvalue weighted by Gasteiger charge is 2.10. The van der Waals surface area contributed by atoms with Gasteiger partial charge in [-0.1, -0.05) is 30.4 Å². The van der Waals surface area contributed by atoms with Gasteiger partial charge >= 0.3 is 0 Å². The van der Waals surface area contributed by atoms with Crippen molar-refractivity contribution < 1.29 is 4.74 Å². The Morgan fingerprint density at radius 3 is 2.58 bits per heavy atom. The van der Waals surface area contributed by atoms with Crippen molar-refractivity contribution in [3.63, 3.8) is 0 Å². The summed E-state index contributed by atoms with van der Waals surface area (Å²) in [6.45, 7) is 2.06. The molecule has 2 aromatic rings. The second-order valence-corrected chi connectivity index (χ2v) is 5.49. The maximum atomic E-state index is 5.94. The van der Waals surface area contributed by atoms with Gasteiger partial charge < -0.3 is 10.5 Å². The quantitative estimate of drug-likeness (QED) is 0.882. The maximum absolute atomic E-state index is 5.94. The molecule has 2 N–H and O–H groups in total. The van der Waals surface area contributed by atoms with Gasteiger partial charge in [-0.3, -0.25) is 0 Å². The first-order chi connectivity index (χ1) is 9.22. The van der Waals surface area contributed by atoms with Crippen LogP contribution in [0.3, 0.4) is 0 Å². The summed E-state index contributed by atoms with van der Waals surface area (Å²) in [4.78, 5) is 0. The average molecular weight is 277 g/mol. The van der Waals surface area contributed by atoms with Gasteiger partial charge in [-0.15, -0.1) is 10.2 Å². The lowest BCUT2D eigenvalue weighted by Crippen LogP contribution is -2.07. The molecule has 0 aliphatic rings. The molecular formula is C14H19N3OS. The molecule has 0 saturated carbocycles. The molecule has 0 radical (unpaired) electrons. The van der Waals surface area contributed by atoms with E-state index >= 15 is 0 Å². The molecule has 1 atom stereocenters. The molecule has 1 unspecified atom stereocenters. The fraction of sp³-hybridized carbons (Fsp3) is 0.429. The summed E-state index contributed by atoms with van der Waals surface area (Å²) >= 11 is 1.62. The van der Waals surface area contributed by atoms with Gasteiger partial charge in [0.2, 0.25) is 0 Å². The first-order valence-corrected chi connectivity index (χ1v) is 7.25. The molecule has 0 fully saturated rings. The molecule has 102 valence electrons. The molecule has 5 heteroatoms. The molecule has 0 bridgehead atoms. The zero-order valence-electron chi connectivity index (χ0n) is 11.3. The lowest BCUT2D eigenvalue weighted by Gasteiger charge is -2.02. The van der Waals surface area contributed by atoms with E-state index in [1.807, 2.05) is 12.1 Å². The second-order valence-electron chi connectivity index (χ2n) is 4.40. The zero-order chi connectivity index (χ0) is 13.7.